The highest BCUT2D eigenvalue weighted by molar-refractivity contribution is 6.02. The van der Waals surface area contributed by atoms with Crippen molar-refractivity contribution in [2.45, 2.75) is 38.1 Å². The van der Waals surface area contributed by atoms with Gasteiger partial charge in [-0.1, -0.05) is 19.3 Å². The molecule has 6 heteroatoms. The lowest BCUT2D eigenvalue weighted by Crippen LogP contribution is -2.36. The summed E-state index contributed by atoms with van der Waals surface area (Å²) in [5.74, 6) is -0.689. The van der Waals surface area contributed by atoms with Gasteiger partial charge in [0, 0.05) is 17.2 Å². The Balaban J connectivity index is 1.81. The molecule has 2 N–H and O–H groups in total. The summed E-state index contributed by atoms with van der Waals surface area (Å²) in [6.45, 7) is 0. The molecule has 3 rings (SSSR count). The summed E-state index contributed by atoms with van der Waals surface area (Å²) < 4.78 is 13.1. The average molecular weight is 338 g/mol. The summed E-state index contributed by atoms with van der Waals surface area (Å²) in [6, 6.07) is 8.05. The van der Waals surface area contributed by atoms with E-state index in [2.05, 4.69) is 15.5 Å². The lowest BCUT2D eigenvalue weighted by atomic mass is 9.95. The maximum absolute atomic E-state index is 13.1. The molecule has 0 atom stereocenters. The molecule has 1 fully saturated rings. The molecule has 1 aromatic carbocycles. The quantitative estimate of drug-likeness (QED) is 0.660. The lowest BCUT2D eigenvalue weighted by Gasteiger charge is -2.22. The molecule has 128 valence electrons. The van der Waals surface area contributed by atoms with Crippen molar-refractivity contribution >= 4 is 12.0 Å². The molecular formula is C19H19FN4O. The number of rotatable bonds is 4. The molecule has 0 bridgehead atoms. The number of nitrogens with one attached hydrogen (secondary N) is 2. The van der Waals surface area contributed by atoms with E-state index in [1.807, 2.05) is 6.07 Å². The molecule has 0 radical (unpaired) electrons. The number of amides is 1. The molecular weight excluding hydrogens is 319 g/mol. The fourth-order valence-electron chi connectivity index (χ4n) is 3.07. The van der Waals surface area contributed by atoms with Crippen LogP contribution in [-0.2, 0) is 4.79 Å². The number of halogens is 1. The van der Waals surface area contributed by atoms with Crippen molar-refractivity contribution in [1.29, 1.82) is 5.26 Å². The second-order valence-corrected chi connectivity index (χ2v) is 6.19. The van der Waals surface area contributed by atoms with Gasteiger partial charge in [-0.3, -0.25) is 9.89 Å². The van der Waals surface area contributed by atoms with Crippen LogP contribution in [-0.4, -0.2) is 22.1 Å². The third-order valence-electron chi connectivity index (χ3n) is 4.41. The van der Waals surface area contributed by atoms with Gasteiger partial charge < -0.3 is 5.32 Å². The molecule has 0 unspecified atom stereocenters. The summed E-state index contributed by atoms with van der Waals surface area (Å²) >= 11 is 0. The number of aromatic amines is 1. The van der Waals surface area contributed by atoms with Crippen LogP contribution in [0.1, 0.15) is 37.7 Å². The Labute approximate surface area is 145 Å². The van der Waals surface area contributed by atoms with Crippen LogP contribution in [0, 0.1) is 17.1 Å². The van der Waals surface area contributed by atoms with Gasteiger partial charge in [0.25, 0.3) is 5.91 Å². The summed E-state index contributed by atoms with van der Waals surface area (Å²) in [5, 5.41) is 19.1. The van der Waals surface area contributed by atoms with E-state index in [0.717, 1.165) is 31.2 Å². The Morgan fingerprint density at radius 1 is 1.28 bits per heavy atom. The minimum absolute atomic E-state index is 0.0373. The Morgan fingerprint density at radius 2 is 2.00 bits per heavy atom. The van der Waals surface area contributed by atoms with Crippen LogP contribution in [0.15, 0.2) is 36.0 Å². The van der Waals surface area contributed by atoms with E-state index in [4.69, 9.17) is 0 Å². The van der Waals surface area contributed by atoms with Gasteiger partial charge in [-0.2, -0.15) is 10.4 Å². The highest BCUT2D eigenvalue weighted by atomic mass is 19.1. The predicted octanol–water partition coefficient (Wildman–Crippen LogP) is 3.57. The zero-order chi connectivity index (χ0) is 17.6. The number of benzene rings is 1. The molecule has 2 aromatic rings. The third-order valence-corrected chi connectivity index (χ3v) is 4.41. The number of aromatic nitrogens is 2. The van der Waals surface area contributed by atoms with E-state index in [-0.39, 0.29) is 23.3 Å². The van der Waals surface area contributed by atoms with Crippen LogP contribution < -0.4 is 5.32 Å². The van der Waals surface area contributed by atoms with Crippen molar-refractivity contribution in [2.75, 3.05) is 0 Å². The first-order valence-corrected chi connectivity index (χ1v) is 8.39. The number of H-pyrrole nitrogens is 1. The van der Waals surface area contributed by atoms with Crippen LogP contribution >= 0.6 is 0 Å². The summed E-state index contributed by atoms with van der Waals surface area (Å²) in [7, 11) is 0. The molecule has 1 aromatic heterocycles. The van der Waals surface area contributed by atoms with E-state index >= 15 is 0 Å². The van der Waals surface area contributed by atoms with Crippen molar-refractivity contribution in [3.8, 4) is 17.3 Å². The van der Waals surface area contributed by atoms with Crippen molar-refractivity contribution in [3.05, 3.63) is 47.4 Å². The van der Waals surface area contributed by atoms with Crippen LogP contribution in [0.3, 0.4) is 0 Å². The fourth-order valence-corrected chi connectivity index (χ4v) is 3.07. The summed E-state index contributed by atoms with van der Waals surface area (Å²) in [4.78, 5) is 12.4. The Bertz CT molecular complexity index is 811. The van der Waals surface area contributed by atoms with Gasteiger partial charge in [0.1, 0.15) is 17.5 Å². The van der Waals surface area contributed by atoms with Gasteiger partial charge >= 0.3 is 0 Å². The molecule has 25 heavy (non-hydrogen) atoms. The normalized spacial score (nSPS) is 15.6. The molecule has 0 spiro atoms. The Hall–Kier alpha value is -2.94. The van der Waals surface area contributed by atoms with Crippen molar-refractivity contribution in [3.63, 3.8) is 0 Å². The van der Waals surface area contributed by atoms with Gasteiger partial charge in [0.15, 0.2) is 0 Å². The number of nitriles is 1. The van der Waals surface area contributed by atoms with E-state index in [1.165, 1.54) is 24.6 Å². The van der Waals surface area contributed by atoms with Crippen LogP contribution in [0.5, 0.6) is 0 Å². The molecule has 1 saturated carbocycles. The van der Waals surface area contributed by atoms with E-state index in [0.29, 0.717) is 11.3 Å². The van der Waals surface area contributed by atoms with Gasteiger partial charge in [0.05, 0.1) is 11.9 Å². The van der Waals surface area contributed by atoms with Crippen LogP contribution in [0.4, 0.5) is 4.39 Å². The van der Waals surface area contributed by atoms with E-state index < -0.39 is 0 Å². The largest absolute Gasteiger partial charge is 0.349 e. The zero-order valence-electron chi connectivity index (χ0n) is 13.8. The van der Waals surface area contributed by atoms with Crippen molar-refractivity contribution < 1.29 is 9.18 Å². The van der Waals surface area contributed by atoms with Gasteiger partial charge in [-0.05, 0) is 43.2 Å². The molecule has 1 amide bonds. The molecule has 0 aliphatic heterocycles. The maximum Gasteiger partial charge on any atom is 0.262 e. The number of nitrogens with zero attached hydrogens (tertiary/aromatic N) is 2. The smallest absolute Gasteiger partial charge is 0.262 e. The van der Waals surface area contributed by atoms with Gasteiger partial charge in [0.2, 0.25) is 0 Å². The van der Waals surface area contributed by atoms with Crippen molar-refractivity contribution in [2.24, 2.45) is 0 Å². The summed E-state index contributed by atoms with van der Waals surface area (Å²) in [6.07, 6.45) is 8.38. The van der Waals surface area contributed by atoms with E-state index in [1.54, 1.807) is 18.3 Å². The molecule has 0 saturated heterocycles. The number of carbonyl (C=O) groups excluding carboxylic acids is 1. The minimum Gasteiger partial charge on any atom is -0.349 e. The monoisotopic (exact) mass is 338 g/mol. The first kappa shape index (κ1) is 16.9. The van der Waals surface area contributed by atoms with Crippen LogP contribution in [0.25, 0.3) is 17.3 Å². The predicted molar refractivity (Wildman–Crippen MR) is 92.6 cm³/mol. The second-order valence-electron chi connectivity index (χ2n) is 6.19. The van der Waals surface area contributed by atoms with Gasteiger partial charge in [-0.15, -0.1) is 0 Å². The first-order chi connectivity index (χ1) is 12.2. The SMILES string of the molecule is N#C/C(=C/c1cn[nH]c1-c1ccc(F)cc1)C(=O)NC1CCCCC1. The first-order valence-electron chi connectivity index (χ1n) is 8.39. The topological polar surface area (TPSA) is 81.6 Å². The number of carbonyl (C=O) groups is 1. The highest BCUT2D eigenvalue weighted by Crippen LogP contribution is 2.24. The average Bonchev–Trinajstić information content (AvgIpc) is 3.09. The minimum atomic E-state index is -0.361. The van der Waals surface area contributed by atoms with Crippen LogP contribution in [0.2, 0.25) is 0 Å². The Morgan fingerprint density at radius 3 is 2.68 bits per heavy atom. The molecule has 1 heterocycles. The lowest BCUT2D eigenvalue weighted by molar-refractivity contribution is -0.117. The number of hydrogen-bond donors (Lipinski definition) is 2. The standard InChI is InChI=1S/C19H19FN4O/c20-16-8-6-13(7-9-16)18-15(12-22-24-18)10-14(11-21)19(25)23-17-4-2-1-3-5-17/h6-10,12,17H,1-5H2,(H,22,24)(H,23,25)/b14-10-. The molecule has 5 nitrogen and oxygen atoms in total. The van der Waals surface area contributed by atoms with E-state index in [9.17, 15) is 14.4 Å². The molecule has 1 aliphatic rings. The summed E-state index contributed by atoms with van der Waals surface area (Å²) in [5.41, 5.74) is 2.02. The number of hydrogen-bond acceptors (Lipinski definition) is 3. The highest BCUT2D eigenvalue weighted by Gasteiger charge is 2.18. The Kier molecular flexibility index (Phi) is 5.24. The second kappa shape index (κ2) is 7.75. The molecule has 1 aliphatic carbocycles. The van der Waals surface area contributed by atoms with Crippen molar-refractivity contribution in [1.82, 2.24) is 15.5 Å². The third kappa shape index (κ3) is 4.13. The maximum atomic E-state index is 13.1. The fraction of sp³-hybridized carbons (Fsp3) is 0.316. The van der Waals surface area contributed by atoms with Gasteiger partial charge in [-0.25, -0.2) is 4.39 Å². The zero-order valence-corrected chi connectivity index (χ0v) is 13.8.